The number of ether oxygens (including phenoxy) is 1. The number of para-hydroxylation sites is 1. The van der Waals surface area contributed by atoms with Gasteiger partial charge in [0.05, 0.1) is 0 Å². The zero-order valence-corrected chi connectivity index (χ0v) is 17.8. The van der Waals surface area contributed by atoms with Gasteiger partial charge in [-0.1, -0.05) is 59.8 Å². The summed E-state index contributed by atoms with van der Waals surface area (Å²) in [7, 11) is 0. The third-order valence-electron chi connectivity index (χ3n) is 4.84. The first kappa shape index (κ1) is 19.7. The fourth-order valence-corrected chi connectivity index (χ4v) is 4.33. The molecule has 1 aliphatic heterocycles. The molecule has 0 spiro atoms. The average molecular weight is 449 g/mol. The van der Waals surface area contributed by atoms with E-state index in [0.29, 0.717) is 27.5 Å². The molecule has 2 heterocycles. The van der Waals surface area contributed by atoms with Crippen molar-refractivity contribution in [1.29, 1.82) is 0 Å². The summed E-state index contributed by atoms with van der Waals surface area (Å²) in [5, 5.41) is 23.0. The van der Waals surface area contributed by atoms with Gasteiger partial charge in [-0.25, -0.2) is 0 Å². The Hall–Kier alpha value is -3.29. The van der Waals surface area contributed by atoms with Crippen LogP contribution in [0, 0.1) is 0 Å². The Balaban J connectivity index is 1.49. The summed E-state index contributed by atoms with van der Waals surface area (Å²) in [5.74, 6) is 1.21. The molecule has 1 aromatic heterocycles. The van der Waals surface area contributed by atoms with Gasteiger partial charge in [0.25, 0.3) is 0 Å². The Kier molecular flexibility index (Phi) is 5.36. The minimum absolute atomic E-state index is 0.195. The van der Waals surface area contributed by atoms with Crippen molar-refractivity contribution in [2.45, 2.75) is 17.1 Å². The maximum Gasteiger partial charge on any atom is 0.247 e. The van der Waals surface area contributed by atoms with Crippen molar-refractivity contribution in [2.75, 3.05) is 5.32 Å². The van der Waals surface area contributed by atoms with Gasteiger partial charge in [-0.2, -0.15) is 4.98 Å². The minimum atomic E-state index is -0.499. The highest BCUT2D eigenvalue weighted by molar-refractivity contribution is 7.98. The lowest BCUT2D eigenvalue weighted by Crippen LogP contribution is -2.17. The smallest absolute Gasteiger partial charge is 0.247 e. The number of rotatable bonds is 4. The third kappa shape index (κ3) is 4.15. The number of aromatic nitrogens is 3. The van der Waals surface area contributed by atoms with Crippen molar-refractivity contribution in [2.24, 2.45) is 0 Å². The molecule has 0 fully saturated rings. The normalized spacial score (nSPS) is 14.5. The highest BCUT2D eigenvalue weighted by Gasteiger charge is 2.26. The maximum atomic E-state index is 9.63. The Morgan fingerprint density at radius 2 is 1.74 bits per heavy atom. The second kappa shape index (κ2) is 8.45. The van der Waals surface area contributed by atoms with E-state index >= 15 is 0 Å². The van der Waals surface area contributed by atoms with Crippen LogP contribution in [0.4, 0.5) is 5.69 Å². The quantitative estimate of drug-likeness (QED) is 0.388. The minimum Gasteiger partial charge on any atom is -0.508 e. The molecule has 0 amide bonds. The summed E-state index contributed by atoms with van der Waals surface area (Å²) in [6.45, 7) is 0. The lowest BCUT2D eigenvalue weighted by atomic mass is 10.1. The van der Waals surface area contributed by atoms with E-state index in [-0.39, 0.29) is 5.75 Å². The van der Waals surface area contributed by atoms with E-state index < -0.39 is 6.23 Å². The van der Waals surface area contributed by atoms with Gasteiger partial charge >= 0.3 is 0 Å². The summed E-state index contributed by atoms with van der Waals surface area (Å²) in [5.41, 5.74) is 4.16. The SMILES string of the molecule is Oc1ccc([C@H]2Nc3ccccc3-c3nnc(SCc4ccccc4Cl)nc3O2)cc1. The van der Waals surface area contributed by atoms with Crippen LogP contribution in [-0.2, 0) is 5.75 Å². The predicted molar refractivity (Wildman–Crippen MR) is 121 cm³/mol. The number of hydrogen-bond donors (Lipinski definition) is 2. The van der Waals surface area contributed by atoms with E-state index in [4.69, 9.17) is 16.3 Å². The monoisotopic (exact) mass is 448 g/mol. The van der Waals surface area contributed by atoms with E-state index in [9.17, 15) is 5.11 Å². The zero-order chi connectivity index (χ0) is 21.2. The number of nitrogens with one attached hydrogen (secondary N) is 1. The van der Waals surface area contributed by atoms with Crippen LogP contribution >= 0.6 is 23.4 Å². The molecule has 0 saturated carbocycles. The van der Waals surface area contributed by atoms with E-state index in [1.165, 1.54) is 11.8 Å². The summed E-state index contributed by atoms with van der Waals surface area (Å²) in [6, 6.07) is 22.4. The van der Waals surface area contributed by atoms with Crippen LogP contribution in [0.2, 0.25) is 5.02 Å². The van der Waals surface area contributed by atoms with Crippen molar-refractivity contribution in [3.63, 3.8) is 0 Å². The number of nitrogens with zero attached hydrogens (tertiary/aromatic N) is 3. The molecule has 1 aliphatic rings. The molecule has 0 radical (unpaired) electrons. The van der Waals surface area contributed by atoms with Crippen LogP contribution in [0.15, 0.2) is 78.0 Å². The molecule has 6 nitrogen and oxygen atoms in total. The molecule has 4 aromatic rings. The van der Waals surface area contributed by atoms with Crippen molar-refractivity contribution < 1.29 is 9.84 Å². The number of phenols is 1. The van der Waals surface area contributed by atoms with Crippen LogP contribution < -0.4 is 10.1 Å². The molecule has 8 heteroatoms. The lowest BCUT2D eigenvalue weighted by Gasteiger charge is -2.19. The highest BCUT2D eigenvalue weighted by atomic mass is 35.5. The van der Waals surface area contributed by atoms with Crippen LogP contribution in [0.3, 0.4) is 0 Å². The number of benzene rings is 3. The van der Waals surface area contributed by atoms with Gasteiger partial charge in [0.15, 0.2) is 11.9 Å². The summed E-state index contributed by atoms with van der Waals surface area (Å²) >= 11 is 7.71. The van der Waals surface area contributed by atoms with Crippen LogP contribution in [-0.4, -0.2) is 20.3 Å². The topological polar surface area (TPSA) is 80.2 Å². The fourth-order valence-electron chi connectivity index (χ4n) is 3.27. The molecule has 0 saturated heterocycles. The van der Waals surface area contributed by atoms with Gasteiger partial charge in [0.2, 0.25) is 11.0 Å². The average Bonchev–Trinajstić information content (AvgIpc) is 2.95. The second-order valence-corrected chi connectivity index (χ2v) is 8.26. The number of anilines is 1. The Morgan fingerprint density at radius 1 is 0.968 bits per heavy atom. The van der Waals surface area contributed by atoms with E-state index in [1.807, 2.05) is 60.7 Å². The first-order valence-corrected chi connectivity index (χ1v) is 11.0. The van der Waals surface area contributed by atoms with E-state index in [0.717, 1.165) is 22.4 Å². The molecule has 0 unspecified atom stereocenters. The lowest BCUT2D eigenvalue weighted by molar-refractivity contribution is 0.225. The predicted octanol–water partition coefficient (Wildman–Crippen LogP) is 5.69. The Morgan fingerprint density at radius 3 is 2.58 bits per heavy atom. The number of aromatic hydroxyl groups is 1. The molecule has 3 aromatic carbocycles. The fraction of sp³-hybridized carbons (Fsp3) is 0.0870. The molecule has 5 rings (SSSR count). The first-order valence-electron chi connectivity index (χ1n) is 9.60. The largest absolute Gasteiger partial charge is 0.508 e. The molecule has 2 N–H and O–H groups in total. The van der Waals surface area contributed by atoms with Crippen LogP contribution in [0.25, 0.3) is 11.3 Å². The molecular weight excluding hydrogens is 432 g/mol. The number of phenolic OH excluding ortho intramolecular Hbond substituents is 1. The molecule has 1 atom stereocenters. The zero-order valence-electron chi connectivity index (χ0n) is 16.2. The summed E-state index contributed by atoms with van der Waals surface area (Å²) in [4.78, 5) is 4.64. The van der Waals surface area contributed by atoms with Crippen molar-refractivity contribution in [3.8, 4) is 22.9 Å². The third-order valence-corrected chi connectivity index (χ3v) is 6.10. The van der Waals surface area contributed by atoms with Crippen molar-refractivity contribution >= 4 is 29.1 Å². The van der Waals surface area contributed by atoms with Gasteiger partial charge in [0, 0.05) is 27.6 Å². The number of hydrogen-bond acceptors (Lipinski definition) is 7. The number of fused-ring (bicyclic) bond motifs is 3. The molecule has 154 valence electrons. The van der Waals surface area contributed by atoms with Crippen LogP contribution in [0.1, 0.15) is 17.4 Å². The molecule has 0 bridgehead atoms. The van der Waals surface area contributed by atoms with Gasteiger partial charge in [-0.3, -0.25) is 0 Å². The van der Waals surface area contributed by atoms with Gasteiger partial charge in [0.1, 0.15) is 5.75 Å². The Bertz CT molecular complexity index is 1240. The van der Waals surface area contributed by atoms with Gasteiger partial charge < -0.3 is 15.2 Å². The number of thioether (sulfide) groups is 1. The Labute approximate surface area is 188 Å². The number of halogens is 1. The van der Waals surface area contributed by atoms with E-state index in [1.54, 1.807) is 12.1 Å². The van der Waals surface area contributed by atoms with Crippen LogP contribution in [0.5, 0.6) is 11.6 Å². The van der Waals surface area contributed by atoms with Crippen molar-refractivity contribution in [1.82, 2.24) is 15.2 Å². The molecule has 31 heavy (non-hydrogen) atoms. The van der Waals surface area contributed by atoms with Crippen molar-refractivity contribution in [3.05, 3.63) is 88.9 Å². The summed E-state index contributed by atoms with van der Waals surface area (Å²) in [6.07, 6.45) is -0.499. The van der Waals surface area contributed by atoms with Gasteiger partial charge in [-0.15, -0.1) is 10.2 Å². The highest BCUT2D eigenvalue weighted by Crippen LogP contribution is 2.39. The first-order chi connectivity index (χ1) is 15.2. The second-order valence-electron chi connectivity index (χ2n) is 6.91. The molecular formula is C23H17ClN4O2S. The maximum absolute atomic E-state index is 9.63. The summed E-state index contributed by atoms with van der Waals surface area (Å²) < 4.78 is 6.24. The van der Waals surface area contributed by atoms with Gasteiger partial charge in [-0.05, 0) is 42.0 Å². The molecule has 0 aliphatic carbocycles. The standard InChI is InChI=1S/C23H17ClN4O2S/c24-18-7-3-1-5-15(18)13-31-23-26-22-20(27-28-23)17-6-2-4-8-19(17)25-21(30-22)14-9-11-16(29)12-10-14/h1-12,21,25,29H,13H2/t21-/m0/s1. The van der Waals surface area contributed by atoms with E-state index in [2.05, 4.69) is 20.5 Å².